The Kier molecular flexibility index (Phi) is 3.72. The van der Waals surface area contributed by atoms with Gasteiger partial charge in [-0.1, -0.05) is 18.2 Å². The SMILES string of the molecule is CCn1c(C2=C(O)CN(Cc3cccnc3)C2=N)nc2ccccc21. The molecule has 0 atom stereocenters. The second kappa shape index (κ2) is 6.05. The van der Waals surface area contributed by atoms with Crippen LogP contribution >= 0.6 is 0 Å². The molecule has 0 spiro atoms. The molecule has 0 amide bonds. The Morgan fingerprint density at radius 2 is 2.04 bits per heavy atom. The van der Waals surface area contributed by atoms with E-state index in [9.17, 15) is 5.11 Å². The van der Waals surface area contributed by atoms with E-state index in [1.165, 1.54) is 0 Å². The number of aryl methyl sites for hydroxylation is 1. The van der Waals surface area contributed by atoms with Crippen LogP contribution in [0.3, 0.4) is 0 Å². The van der Waals surface area contributed by atoms with E-state index in [1.807, 2.05) is 52.8 Å². The summed E-state index contributed by atoms with van der Waals surface area (Å²) in [5.74, 6) is 1.14. The van der Waals surface area contributed by atoms with Gasteiger partial charge in [-0.3, -0.25) is 10.4 Å². The highest BCUT2D eigenvalue weighted by molar-refractivity contribution is 6.23. The van der Waals surface area contributed by atoms with Gasteiger partial charge in [-0.15, -0.1) is 0 Å². The van der Waals surface area contributed by atoms with Crippen LogP contribution in [0.4, 0.5) is 0 Å². The highest BCUT2D eigenvalue weighted by atomic mass is 16.3. The molecule has 0 fully saturated rings. The Labute approximate surface area is 145 Å². The molecule has 0 aliphatic carbocycles. The molecule has 3 heterocycles. The number of nitrogens with zero attached hydrogens (tertiary/aromatic N) is 4. The molecular weight excluding hydrogens is 314 g/mol. The van der Waals surface area contributed by atoms with E-state index in [2.05, 4.69) is 9.97 Å². The lowest BCUT2D eigenvalue weighted by Crippen LogP contribution is -2.26. The fourth-order valence-corrected chi connectivity index (χ4v) is 3.30. The van der Waals surface area contributed by atoms with Crippen LogP contribution in [0.1, 0.15) is 18.3 Å². The molecule has 0 radical (unpaired) electrons. The molecule has 1 aromatic carbocycles. The number of aromatic nitrogens is 3. The fraction of sp³-hybridized carbons (Fsp3) is 0.211. The standard InChI is InChI=1S/C19H19N5O/c1-2-24-15-8-4-3-7-14(15)22-19(24)17-16(25)12-23(18(17)20)11-13-6-5-9-21-10-13/h3-10,20,25H,2,11-12H2,1H3. The maximum atomic E-state index is 10.5. The molecule has 2 aromatic heterocycles. The van der Waals surface area contributed by atoms with Gasteiger partial charge in [-0.2, -0.15) is 0 Å². The molecule has 6 nitrogen and oxygen atoms in total. The molecule has 1 aliphatic rings. The molecule has 0 saturated heterocycles. The van der Waals surface area contributed by atoms with Crippen molar-refractivity contribution in [1.82, 2.24) is 19.4 Å². The summed E-state index contributed by atoms with van der Waals surface area (Å²) in [6.45, 7) is 3.62. The van der Waals surface area contributed by atoms with E-state index < -0.39 is 0 Å². The Balaban J connectivity index is 1.71. The van der Waals surface area contributed by atoms with Gasteiger partial charge in [-0.25, -0.2) is 4.98 Å². The Morgan fingerprint density at radius 3 is 2.80 bits per heavy atom. The van der Waals surface area contributed by atoms with Crippen molar-refractivity contribution in [3.63, 3.8) is 0 Å². The predicted octanol–water partition coefficient (Wildman–Crippen LogP) is 3.21. The van der Waals surface area contributed by atoms with Crippen LogP contribution in [0, 0.1) is 5.41 Å². The summed E-state index contributed by atoms with van der Waals surface area (Å²) in [5, 5.41) is 19.1. The van der Waals surface area contributed by atoms with Gasteiger partial charge in [0.15, 0.2) is 0 Å². The monoisotopic (exact) mass is 333 g/mol. The van der Waals surface area contributed by atoms with Gasteiger partial charge in [-0.05, 0) is 30.7 Å². The molecule has 25 heavy (non-hydrogen) atoms. The van der Waals surface area contributed by atoms with E-state index in [0.29, 0.717) is 30.3 Å². The highest BCUT2D eigenvalue weighted by Gasteiger charge is 2.31. The Bertz CT molecular complexity index is 974. The molecule has 0 unspecified atom stereocenters. The Hall–Kier alpha value is -3.15. The van der Waals surface area contributed by atoms with Gasteiger partial charge < -0.3 is 14.6 Å². The largest absolute Gasteiger partial charge is 0.510 e. The average molecular weight is 333 g/mol. The minimum absolute atomic E-state index is 0.193. The topological polar surface area (TPSA) is 78.0 Å². The van der Waals surface area contributed by atoms with E-state index in [0.717, 1.165) is 23.1 Å². The van der Waals surface area contributed by atoms with Gasteiger partial charge in [0.05, 0.1) is 23.2 Å². The third-order valence-corrected chi connectivity index (χ3v) is 4.47. The first-order valence-electron chi connectivity index (χ1n) is 8.29. The minimum atomic E-state index is 0.193. The number of fused-ring (bicyclic) bond motifs is 1. The number of imidazole rings is 1. The van der Waals surface area contributed by atoms with E-state index in [1.54, 1.807) is 12.4 Å². The lowest BCUT2D eigenvalue weighted by molar-refractivity contribution is 0.346. The van der Waals surface area contributed by atoms with Crippen LogP contribution < -0.4 is 0 Å². The first-order chi connectivity index (χ1) is 12.2. The number of hydrogen-bond acceptors (Lipinski definition) is 4. The number of benzene rings is 1. The van der Waals surface area contributed by atoms with Crippen LogP contribution in [0.2, 0.25) is 0 Å². The zero-order valence-electron chi connectivity index (χ0n) is 14.0. The smallest absolute Gasteiger partial charge is 0.148 e. The summed E-state index contributed by atoms with van der Waals surface area (Å²) in [6, 6.07) is 11.7. The molecule has 3 aromatic rings. The van der Waals surface area contributed by atoms with Crippen molar-refractivity contribution in [3.05, 3.63) is 65.9 Å². The zero-order valence-corrected chi connectivity index (χ0v) is 14.0. The third kappa shape index (κ3) is 2.55. The number of rotatable bonds is 4. The normalized spacial score (nSPS) is 14.8. The summed E-state index contributed by atoms with van der Waals surface area (Å²) in [4.78, 5) is 10.6. The molecule has 6 heteroatoms. The fourth-order valence-electron chi connectivity index (χ4n) is 3.30. The molecular formula is C19H19N5O. The quantitative estimate of drug-likeness (QED) is 0.768. The summed E-state index contributed by atoms with van der Waals surface area (Å²) in [7, 11) is 0. The van der Waals surface area contributed by atoms with Crippen LogP contribution in [0.15, 0.2) is 54.6 Å². The van der Waals surface area contributed by atoms with Crippen molar-refractivity contribution in [1.29, 1.82) is 5.41 Å². The minimum Gasteiger partial charge on any atom is -0.510 e. The van der Waals surface area contributed by atoms with Gasteiger partial charge in [0.2, 0.25) is 0 Å². The molecule has 2 N–H and O–H groups in total. The summed E-state index contributed by atoms with van der Waals surface area (Å²) < 4.78 is 2.04. The predicted molar refractivity (Wildman–Crippen MR) is 97.3 cm³/mol. The molecule has 0 saturated carbocycles. The third-order valence-electron chi connectivity index (χ3n) is 4.47. The van der Waals surface area contributed by atoms with Gasteiger partial charge in [0.1, 0.15) is 17.4 Å². The number of hydrogen-bond donors (Lipinski definition) is 2. The molecule has 4 rings (SSSR count). The second-order valence-electron chi connectivity index (χ2n) is 6.06. The lowest BCUT2D eigenvalue weighted by Gasteiger charge is -2.18. The van der Waals surface area contributed by atoms with Crippen LogP contribution in [0.5, 0.6) is 0 Å². The number of nitrogens with one attached hydrogen (secondary N) is 1. The molecule has 1 aliphatic heterocycles. The first-order valence-corrected chi connectivity index (χ1v) is 8.29. The molecule has 0 bridgehead atoms. The first kappa shape index (κ1) is 15.4. The Morgan fingerprint density at radius 1 is 1.20 bits per heavy atom. The number of amidine groups is 1. The van der Waals surface area contributed by atoms with E-state index in [-0.39, 0.29) is 5.76 Å². The van der Waals surface area contributed by atoms with Crippen molar-refractivity contribution in [2.75, 3.05) is 6.54 Å². The lowest BCUT2D eigenvalue weighted by atomic mass is 10.2. The number of aliphatic hydroxyl groups excluding tert-OH is 1. The summed E-state index contributed by atoms with van der Waals surface area (Å²) in [6.07, 6.45) is 3.51. The van der Waals surface area contributed by atoms with E-state index >= 15 is 0 Å². The number of para-hydroxylation sites is 2. The van der Waals surface area contributed by atoms with Gasteiger partial charge in [0, 0.05) is 25.5 Å². The summed E-state index contributed by atoms with van der Waals surface area (Å²) >= 11 is 0. The summed E-state index contributed by atoms with van der Waals surface area (Å²) in [5.41, 5.74) is 3.41. The van der Waals surface area contributed by atoms with Crippen molar-refractivity contribution in [2.24, 2.45) is 0 Å². The molecule has 126 valence electrons. The van der Waals surface area contributed by atoms with Gasteiger partial charge >= 0.3 is 0 Å². The van der Waals surface area contributed by atoms with Crippen LogP contribution in [-0.4, -0.2) is 36.9 Å². The average Bonchev–Trinajstić information content (AvgIpc) is 3.12. The van der Waals surface area contributed by atoms with Gasteiger partial charge in [0.25, 0.3) is 0 Å². The van der Waals surface area contributed by atoms with Crippen molar-refractivity contribution in [2.45, 2.75) is 20.0 Å². The van der Waals surface area contributed by atoms with Crippen molar-refractivity contribution in [3.8, 4) is 0 Å². The zero-order chi connectivity index (χ0) is 17.4. The maximum absolute atomic E-state index is 10.5. The van der Waals surface area contributed by atoms with Crippen LogP contribution in [-0.2, 0) is 13.1 Å². The maximum Gasteiger partial charge on any atom is 0.148 e. The van der Waals surface area contributed by atoms with Crippen molar-refractivity contribution >= 4 is 22.4 Å². The number of pyridine rings is 1. The highest BCUT2D eigenvalue weighted by Crippen LogP contribution is 2.30. The second-order valence-corrected chi connectivity index (χ2v) is 6.06. The van der Waals surface area contributed by atoms with E-state index in [4.69, 9.17) is 5.41 Å². The van der Waals surface area contributed by atoms with Crippen molar-refractivity contribution < 1.29 is 5.11 Å². The van der Waals surface area contributed by atoms with Crippen LogP contribution in [0.25, 0.3) is 16.6 Å². The number of aliphatic hydroxyl groups is 1.